The SMILES string of the molecule is CCCCC(CC)COC(=O)[C@@H](N)Cc1cnc[nH]1. The number of imidazole rings is 1. The molecule has 0 radical (unpaired) electrons. The van der Waals surface area contributed by atoms with Gasteiger partial charge in [-0.25, -0.2) is 4.98 Å². The highest BCUT2D eigenvalue weighted by atomic mass is 16.5. The van der Waals surface area contributed by atoms with Crippen molar-refractivity contribution in [1.29, 1.82) is 0 Å². The number of rotatable bonds is 9. The number of aromatic nitrogens is 2. The molecule has 1 unspecified atom stereocenters. The van der Waals surface area contributed by atoms with Crippen molar-refractivity contribution in [2.45, 2.75) is 52.0 Å². The summed E-state index contributed by atoms with van der Waals surface area (Å²) in [6.07, 6.45) is 8.16. The van der Waals surface area contributed by atoms with Crippen LogP contribution in [0.3, 0.4) is 0 Å². The standard InChI is InChI=1S/C14H25N3O2/c1-3-5-6-11(4-2)9-19-14(18)13(15)7-12-8-16-10-17-12/h8,10-11,13H,3-7,9,15H2,1-2H3,(H,16,17)/t11?,13-/m0/s1. The molecule has 0 aliphatic rings. The molecule has 3 N–H and O–H groups in total. The predicted octanol–water partition coefficient (Wildman–Crippen LogP) is 2.04. The summed E-state index contributed by atoms with van der Waals surface area (Å²) >= 11 is 0. The normalized spacial score (nSPS) is 14.1. The second-order valence-electron chi connectivity index (χ2n) is 4.93. The lowest BCUT2D eigenvalue weighted by molar-refractivity contribution is -0.146. The third-order valence-electron chi connectivity index (χ3n) is 3.30. The maximum atomic E-state index is 11.8. The molecule has 1 aromatic heterocycles. The Morgan fingerprint density at radius 3 is 2.89 bits per heavy atom. The van der Waals surface area contributed by atoms with E-state index in [1.165, 1.54) is 12.8 Å². The predicted molar refractivity (Wildman–Crippen MR) is 74.5 cm³/mol. The molecule has 19 heavy (non-hydrogen) atoms. The molecule has 0 aromatic carbocycles. The molecule has 2 atom stereocenters. The van der Waals surface area contributed by atoms with Gasteiger partial charge >= 0.3 is 5.97 Å². The first-order valence-corrected chi connectivity index (χ1v) is 7.06. The van der Waals surface area contributed by atoms with Gasteiger partial charge in [0, 0.05) is 18.3 Å². The van der Waals surface area contributed by atoms with E-state index in [-0.39, 0.29) is 5.97 Å². The van der Waals surface area contributed by atoms with Crippen LogP contribution in [0.15, 0.2) is 12.5 Å². The topological polar surface area (TPSA) is 81.0 Å². The number of unbranched alkanes of at least 4 members (excludes halogenated alkanes) is 1. The molecule has 5 heteroatoms. The van der Waals surface area contributed by atoms with Gasteiger partial charge in [0.2, 0.25) is 0 Å². The molecule has 0 saturated carbocycles. The Bertz CT molecular complexity index is 352. The summed E-state index contributed by atoms with van der Waals surface area (Å²) in [5.41, 5.74) is 6.66. The van der Waals surface area contributed by atoms with Gasteiger partial charge in [-0.2, -0.15) is 0 Å². The minimum atomic E-state index is -0.621. The Hall–Kier alpha value is -1.36. The third-order valence-corrected chi connectivity index (χ3v) is 3.30. The number of ether oxygens (including phenoxy) is 1. The van der Waals surface area contributed by atoms with Crippen LogP contribution < -0.4 is 5.73 Å². The largest absolute Gasteiger partial charge is 0.464 e. The zero-order valence-electron chi connectivity index (χ0n) is 11.9. The average molecular weight is 267 g/mol. The second-order valence-corrected chi connectivity index (χ2v) is 4.93. The Morgan fingerprint density at radius 1 is 1.53 bits per heavy atom. The van der Waals surface area contributed by atoms with E-state index in [4.69, 9.17) is 10.5 Å². The van der Waals surface area contributed by atoms with Gasteiger partial charge in [0.25, 0.3) is 0 Å². The minimum absolute atomic E-state index is 0.329. The van der Waals surface area contributed by atoms with E-state index in [2.05, 4.69) is 23.8 Å². The molecule has 0 bridgehead atoms. The number of hydrogen-bond acceptors (Lipinski definition) is 4. The molecule has 1 aromatic rings. The van der Waals surface area contributed by atoms with E-state index in [1.54, 1.807) is 12.5 Å². The number of aromatic amines is 1. The lowest BCUT2D eigenvalue weighted by Crippen LogP contribution is -2.35. The summed E-state index contributed by atoms with van der Waals surface area (Å²) in [7, 11) is 0. The monoisotopic (exact) mass is 267 g/mol. The maximum absolute atomic E-state index is 11.8. The fourth-order valence-corrected chi connectivity index (χ4v) is 1.92. The summed E-state index contributed by atoms with van der Waals surface area (Å²) in [6.45, 7) is 4.77. The molecule has 0 fully saturated rings. The number of esters is 1. The van der Waals surface area contributed by atoms with Gasteiger partial charge < -0.3 is 15.5 Å². The van der Waals surface area contributed by atoms with Crippen LogP contribution in [0, 0.1) is 5.92 Å². The van der Waals surface area contributed by atoms with E-state index < -0.39 is 6.04 Å². The molecule has 0 amide bonds. The fourth-order valence-electron chi connectivity index (χ4n) is 1.92. The van der Waals surface area contributed by atoms with Gasteiger partial charge in [-0.1, -0.05) is 33.1 Å². The highest BCUT2D eigenvalue weighted by molar-refractivity contribution is 5.75. The summed E-state index contributed by atoms with van der Waals surface area (Å²) < 4.78 is 5.30. The molecule has 0 spiro atoms. The van der Waals surface area contributed by atoms with E-state index in [0.29, 0.717) is 18.9 Å². The number of nitrogens with two attached hydrogens (primary N) is 1. The van der Waals surface area contributed by atoms with Crippen LogP contribution in [-0.2, 0) is 16.0 Å². The number of nitrogens with one attached hydrogen (secondary N) is 1. The highest BCUT2D eigenvalue weighted by Gasteiger charge is 2.18. The zero-order valence-corrected chi connectivity index (χ0v) is 11.9. The first-order valence-electron chi connectivity index (χ1n) is 7.06. The van der Waals surface area contributed by atoms with Crippen molar-refractivity contribution in [3.8, 4) is 0 Å². The van der Waals surface area contributed by atoms with Crippen LogP contribution in [0.2, 0.25) is 0 Å². The number of H-pyrrole nitrogens is 1. The lowest BCUT2D eigenvalue weighted by atomic mass is 10.0. The number of carbonyl (C=O) groups excluding carboxylic acids is 1. The van der Waals surface area contributed by atoms with E-state index >= 15 is 0 Å². The van der Waals surface area contributed by atoms with Gasteiger partial charge in [-0.3, -0.25) is 4.79 Å². The van der Waals surface area contributed by atoms with Crippen LogP contribution in [0.25, 0.3) is 0 Å². The van der Waals surface area contributed by atoms with Crippen LogP contribution in [-0.4, -0.2) is 28.6 Å². The first kappa shape index (κ1) is 15.7. The van der Waals surface area contributed by atoms with Gasteiger partial charge in [0.1, 0.15) is 6.04 Å². The summed E-state index contributed by atoms with van der Waals surface area (Å²) in [5.74, 6) is 0.118. The maximum Gasteiger partial charge on any atom is 0.323 e. The molecule has 0 aliphatic carbocycles. The average Bonchev–Trinajstić information content (AvgIpc) is 2.91. The Balaban J connectivity index is 2.29. The Morgan fingerprint density at radius 2 is 2.32 bits per heavy atom. The van der Waals surface area contributed by atoms with Gasteiger partial charge in [0.15, 0.2) is 0 Å². The van der Waals surface area contributed by atoms with Crippen LogP contribution in [0.5, 0.6) is 0 Å². The van der Waals surface area contributed by atoms with Crippen LogP contribution in [0.4, 0.5) is 0 Å². The van der Waals surface area contributed by atoms with E-state index in [9.17, 15) is 4.79 Å². The molecule has 1 rings (SSSR count). The number of carbonyl (C=O) groups is 1. The fraction of sp³-hybridized carbons (Fsp3) is 0.714. The molecular formula is C14H25N3O2. The third kappa shape index (κ3) is 5.87. The summed E-state index contributed by atoms with van der Waals surface area (Å²) in [4.78, 5) is 18.6. The molecule has 1 heterocycles. The molecule has 0 saturated heterocycles. The smallest absolute Gasteiger partial charge is 0.323 e. The molecule has 108 valence electrons. The Kier molecular flexibility index (Phi) is 7.18. The molecule has 0 aliphatic heterocycles. The van der Waals surface area contributed by atoms with Gasteiger partial charge in [-0.15, -0.1) is 0 Å². The lowest BCUT2D eigenvalue weighted by Gasteiger charge is -2.16. The van der Waals surface area contributed by atoms with Crippen molar-refractivity contribution in [2.24, 2.45) is 11.7 Å². The second kappa shape index (κ2) is 8.69. The summed E-state index contributed by atoms with van der Waals surface area (Å²) in [5, 5.41) is 0. The summed E-state index contributed by atoms with van der Waals surface area (Å²) in [6, 6.07) is -0.621. The minimum Gasteiger partial charge on any atom is -0.464 e. The van der Waals surface area contributed by atoms with Crippen molar-refractivity contribution >= 4 is 5.97 Å². The number of hydrogen-bond donors (Lipinski definition) is 2. The van der Waals surface area contributed by atoms with Crippen molar-refractivity contribution in [1.82, 2.24) is 9.97 Å². The van der Waals surface area contributed by atoms with Crippen LogP contribution >= 0.6 is 0 Å². The van der Waals surface area contributed by atoms with E-state index in [1.807, 2.05) is 0 Å². The number of nitrogens with zero attached hydrogens (tertiary/aromatic N) is 1. The molecule has 5 nitrogen and oxygen atoms in total. The van der Waals surface area contributed by atoms with Crippen molar-refractivity contribution in [3.63, 3.8) is 0 Å². The first-order chi connectivity index (χ1) is 9.17. The van der Waals surface area contributed by atoms with Crippen molar-refractivity contribution in [3.05, 3.63) is 18.2 Å². The quantitative estimate of drug-likeness (QED) is 0.671. The highest BCUT2D eigenvalue weighted by Crippen LogP contribution is 2.13. The van der Waals surface area contributed by atoms with Crippen molar-refractivity contribution < 1.29 is 9.53 Å². The van der Waals surface area contributed by atoms with Gasteiger partial charge in [0.05, 0.1) is 12.9 Å². The van der Waals surface area contributed by atoms with Gasteiger partial charge in [-0.05, 0) is 12.3 Å². The Labute approximate surface area is 114 Å². The van der Waals surface area contributed by atoms with Crippen LogP contribution in [0.1, 0.15) is 45.2 Å². The molecular weight excluding hydrogens is 242 g/mol. The zero-order chi connectivity index (χ0) is 14.1. The van der Waals surface area contributed by atoms with Crippen molar-refractivity contribution in [2.75, 3.05) is 6.61 Å². The van der Waals surface area contributed by atoms with E-state index in [0.717, 1.165) is 18.5 Å².